The van der Waals surface area contributed by atoms with Crippen LogP contribution in [0.1, 0.15) is 30.5 Å². The zero-order chi connectivity index (χ0) is 18.4. The molecule has 0 bridgehead atoms. The quantitative estimate of drug-likeness (QED) is 0.530. The Morgan fingerprint density at radius 3 is 2.23 bits per heavy atom. The number of carbonyl (C=O) groups excluding carboxylic acids is 2. The molecule has 0 aliphatic heterocycles. The smallest absolute Gasteiger partial charge is 0.271 e. The molecule has 5 nitrogen and oxygen atoms in total. The molecular formula is C20H17N3O2S. The molecule has 1 aromatic heterocycles. The lowest BCUT2D eigenvalue weighted by Crippen LogP contribution is -2.17. The predicted molar refractivity (Wildman–Crippen MR) is 105 cm³/mol. The zero-order valence-electron chi connectivity index (χ0n) is 14.1. The Morgan fingerprint density at radius 1 is 0.885 bits per heavy atom. The van der Waals surface area contributed by atoms with Crippen molar-refractivity contribution in [2.24, 2.45) is 5.10 Å². The highest BCUT2D eigenvalue weighted by atomic mass is 32.1. The monoisotopic (exact) mass is 363 g/mol. The van der Waals surface area contributed by atoms with E-state index in [4.69, 9.17) is 0 Å². The van der Waals surface area contributed by atoms with Gasteiger partial charge in [0.1, 0.15) is 0 Å². The van der Waals surface area contributed by atoms with E-state index in [1.807, 2.05) is 25.1 Å². The first-order valence-electron chi connectivity index (χ1n) is 7.98. The fourth-order valence-corrected chi connectivity index (χ4v) is 2.99. The van der Waals surface area contributed by atoms with E-state index in [2.05, 4.69) is 15.8 Å². The SMILES string of the molecule is Cc1ccc(C=NNC(=O)c2ccc(NC(=O)c3ccccc3)cc2)s1. The van der Waals surface area contributed by atoms with Crippen LogP contribution in [0.4, 0.5) is 5.69 Å². The van der Waals surface area contributed by atoms with Crippen molar-refractivity contribution < 1.29 is 9.59 Å². The number of anilines is 1. The van der Waals surface area contributed by atoms with E-state index in [0.29, 0.717) is 16.8 Å². The number of nitrogens with one attached hydrogen (secondary N) is 2. The summed E-state index contributed by atoms with van der Waals surface area (Å²) in [5, 5.41) is 6.75. The van der Waals surface area contributed by atoms with Crippen LogP contribution >= 0.6 is 11.3 Å². The van der Waals surface area contributed by atoms with E-state index < -0.39 is 0 Å². The maximum atomic E-state index is 12.1. The van der Waals surface area contributed by atoms with Crippen molar-refractivity contribution >= 4 is 35.1 Å². The van der Waals surface area contributed by atoms with E-state index in [9.17, 15) is 9.59 Å². The maximum Gasteiger partial charge on any atom is 0.271 e. The summed E-state index contributed by atoms with van der Waals surface area (Å²) < 4.78 is 0. The van der Waals surface area contributed by atoms with Gasteiger partial charge in [0.15, 0.2) is 0 Å². The number of hydrazone groups is 1. The zero-order valence-corrected chi connectivity index (χ0v) is 14.9. The Morgan fingerprint density at radius 2 is 1.58 bits per heavy atom. The van der Waals surface area contributed by atoms with Gasteiger partial charge < -0.3 is 5.32 Å². The standard InChI is InChI=1S/C20H17N3O2S/c1-14-7-12-18(26-14)13-21-23-20(25)16-8-10-17(11-9-16)22-19(24)15-5-3-2-4-6-15/h2-13H,1H3,(H,22,24)(H,23,25). The van der Waals surface area contributed by atoms with Gasteiger partial charge >= 0.3 is 0 Å². The van der Waals surface area contributed by atoms with Crippen LogP contribution in [-0.2, 0) is 0 Å². The van der Waals surface area contributed by atoms with Gasteiger partial charge in [-0.05, 0) is 55.5 Å². The largest absolute Gasteiger partial charge is 0.322 e. The summed E-state index contributed by atoms with van der Waals surface area (Å²) in [5.41, 5.74) is 4.15. The summed E-state index contributed by atoms with van der Waals surface area (Å²) in [6.45, 7) is 2.01. The fraction of sp³-hybridized carbons (Fsp3) is 0.0500. The molecule has 3 aromatic rings. The molecule has 0 saturated carbocycles. The van der Waals surface area contributed by atoms with Crippen LogP contribution < -0.4 is 10.7 Å². The number of amides is 2. The molecule has 130 valence electrons. The molecule has 2 N–H and O–H groups in total. The van der Waals surface area contributed by atoms with E-state index in [0.717, 1.165) is 4.88 Å². The Labute approximate surface area is 155 Å². The van der Waals surface area contributed by atoms with E-state index >= 15 is 0 Å². The molecule has 0 aliphatic carbocycles. The molecule has 0 aliphatic rings. The van der Waals surface area contributed by atoms with Gasteiger partial charge in [-0.25, -0.2) is 5.43 Å². The van der Waals surface area contributed by atoms with E-state index in [-0.39, 0.29) is 11.8 Å². The van der Waals surface area contributed by atoms with E-state index in [1.165, 1.54) is 4.88 Å². The summed E-state index contributed by atoms with van der Waals surface area (Å²) in [6.07, 6.45) is 1.62. The first-order chi connectivity index (χ1) is 12.6. The number of thiophene rings is 1. The normalized spacial score (nSPS) is 10.7. The lowest BCUT2D eigenvalue weighted by atomic mass is 10.2. The molecule has 6 heteroatoms. The summed E-state index contributed by atoms with van der Waals surface area (Å²) in [4.78, 5) is 26.3. The number of aryl methyl sites for hydroxylation is 1. The Balaban J connectivity index is 1.57. The minimum Gasteiger partial charge on any atom is -0.322 e. The number of hydrogen-bond acceptors (Lipinski definition) is 4. The minimum absolute atomic E-state index is 0.196. The lowest BCUT2D eigenvalue weighted by Gasteiger charge is -2.06. The van der Waals surface area contributed by atoms with Crippen molar-refractivity contribution in [1.82, 2.24) is 5.43 Å². The number of hydrogen-bond donors (Lipinski definition) is 2. The molecular weight excluding hydrogens is 346 g/mol. The third-order valence-electron chi connectivity index (χ3n) is 3.56. The third-order valence-corrected chi connectivity index (χ3v) is 4.50. The molecule has 1 heterocycles. The number of nitrogens with zero attached hydrogens (tertiary/aromatic N) is 1. The van der Waals surface area contributed by atoms with Gasteiger partial charge in [0.25, 0.3) is 11.8 Å². The molecule has 2 amide bonds. The first-order valence-corrected chi connectivity index (χ1v) is 8.80. The van der Waals surface area contributed by atoms with Crippen LogP contribution in [0.5, 0.6) is 0 Å². The Kier molecular flexibility index (Phi) is 5.56. The van der Waals surface area contributed by atoms with Gasteiger partial charge in [-0.15, -0.1) is 11.3 Å². The maximum absolute atomic E-state index is 12.1. The highest BCUT2D eigenvalue weighted by molar-refractivity contribution is 7.13. The third kappa shape index (κ3) is 4.64. The molecule has 26 heavy (non-hydrogen) atoms. The van der Waals surface area contributed by atoms with Crippen LogP contribution in [-0.4, -0.2) is 18.0 Å². The van der Waals surface area contributed by atoms with Gasteiger partial charge in [0.2, 0.25) is 0 Å². The topological polar surface area (TPSA) is 70.6 Å². The van der Waals surface area contributed by atoms with Crippen molar-refractivity contribution in [2.75, 3.05) is 5.32 Å². The van der Waals surface area contributed by atoms with E-state index in [1.54, 1.807) is 66.1 Å². The summed E-state index contributed by atoms with van der Waals surface area (Å²) in [5.74, 6) is -0.505. The van der Waals surface area contributed by atoms with Gasteiger partial charge in [-0.3, -0.25) is 9.59 Å². The molecule has 2 aromatic carbocycles. The van der Waals surface area contributed by atoms with Crippen molar-refractivity contribution in [3.05, 3.63) is 87.6 Å². The second-order valence-corrected chi connectivity index (χ2v) is 6.86. The van der Waals surface area contributed by atoms with Crippen molar-refractivity contribution in [2.45, 2.75) is 6.92 Å². The second-order valence-electron chi connectivity index (χ2n) is 5.55. The van der Waals surface area contributed by atoms with Gasteiger partial charge in [0.05, 0.1) is 6.21 Å². The molecule has 3 rings (SSSR count). The van der Waals surface area contributed by atoms with Crippen LogP contribution in [0, 0.1) is 6.92 Å². The van der Waals surface area contributed by atoms with Crippen LogP contribution in [0.3, 0.4) is 0 Å². The minimum atomic E-state index is -0.310. The second kappa shape index (κ2) is 8.22. The van der Waals surface area contributed by atoms with Crippen LogP contribution in [0.15, 0.2) is 71.8 Å². The Bertz CT molecular complexity index is 931. The average molecular weight is 363 g/mol. The molecule has 0 saturated heterocycles. The van der Waals surface area contributed by atoms with Crippen molar-refractivity contribution in [3.63, 3.8) is 0 Å². The van der Waals surface area contributed by atoms with Gasteiger partial charge in [0, 0.05) is 26.6 Å². The fourth-order valence-electron chi connectivity index (χ4n) is 2.24. The van der Waals surface area contributed by atoms with Crippen molar-refractivity contribution in [3.8, 4) is 0 Å². The average Bonchev–Trinajstić information content (AvgIpc) is 3.08. The number of carbonyl (C=O) groups is 2. The molecule has 0 fully saturated rings. The highest BCUT2D eigenvalue weighted by Crippen LogP contribution is 2.13. The lowest BCUT2D eigenvalue weighted by molar-refractivity contribution is 0.0954. The van der Waals surface area contributed by atoms with Crippen LogP contribution in [0.2, 0.25) is 0 Å². The first kappa shape index (κ1) is 17.6. The number of rotatable bonds is 5. The van der Waals surface area contributed by atoms with Gasteiger partial charge in [-0.1, -0.05) is 18.2 Å². The summed E-state index contributed by atoms with van der Waals surface area (Å²) in [7, 11) is 0. The Hall–Kier alpha value is -3.25. The molecule has 0 atom stereocenters. The predicted octanol–water partition coefficient (Wildman–Crippen LogP) is 4.07. The van der Waals surface area contributed by atoms with Gasteiger partial charge in [-0.2, -0.15) is 5.10 Å². The summed E-state index contributed by atoms with van der Waals surface area (Å²) in [6, 6.07) is 19.5. The number of benzene rings is 2. The highest BCUT2D eigenvalue weighted by Gasteiger charge is 2.07. The van der Waals surface area contributed by atoms with Crippen LogP contribution in [0.25, 0.3) is 0 Å². The molecule has 0 spiro atoms. The van der Waals surface area contributed by atoms with Crippen molar-refractivity contribution in [1.29, 1.82) is 0 Å². The molecule has 0 radical (unpaired) electrons. The summed E-state index contributed by atoms with van der Waals surface area (Å²) >= 11 is 1.60. The molecule has 0 unspecified atom stereocenters.